The first-order chi connectivity index (χ1) is 10.6. The van der Waals surface area contributed by atoms with Crippen molar-refractivity contribution in [3.8, 4) is 11.3 Å². The van der Waals surface area contributed by atoms with Gasteiger partial charge < -0.3 is 10.2 Å². The summed E-state index contributed by atoms with van der Waals surface area (Å²) in [7, 11) is 0. The fourth-order valence-electron chi connectivity index (χ4n) is 3.07. The molecular formula is C18H22N2O2. The van der Waals surface area contributed by atoms with Crippen molar-refractivity contribution >= 4 is 5.91 Å². The maximum absolute atomic E-state index is 11.1. The minimum absolute atomic E-state index is 0.195. The lowest BCUT2D eigenvalue weighted by atomic mass is 10.0. The Bertz CT molecular complexity index is 639. The highest BCUT2D eigenvalue weighted by Crippen LogP contribution is 2.27. The standard InChI is InChI=1S/C18H22N2O2/c1-13(20-11-3-2-4-12-20)14-5-7-15(8-6-14)16-9-10-17(22-16)18(19)21/h5-10,13H,2-4,11-12H2,1H3,(H2,19,21)/t13-/m0/s1. The number of nitrogens with two attached hydrogens (primary N) is 1. The summed E-state index contributed by atoms with van der Waals surface area (Å²) in [6.45, 7) is 4.63. The minimum atomic E-state index is -0.540. The van der Waals surface area contributed by atoms with Gasteiger partial charge in [-0.05, 0) is 50.6 Å². The fourth-order valence-corrected chi connectivity index (χ4v) is 3.07. The van der Waals surface area contributed by atoms with Gasteiger partial charge in [-0.15, -0.1) is 0 Å². The molecule has 0 bridgehead atoms. The molecule has 0 unspecified atom stereocenters. The van der Waals surface area contributed by atoms with E-state index in [0.717, 1.165) is 5.56 Å². The number of primary amides is 1. The molecule has 116 valence electrons. The Balaban J connectivity index is 1.75. The zero-order valence-corrected chi connectivity index (χ0v) is 12.9. The summed E-state index contributed by atoms with van der Waals surface area (Å²) in [5.41, 5.74) is 7.49. The van der Waals surface area contributed by atoms with Crippen molar-refractivity contribution in [2.75, 3.05) is 13.1 Å². The summed E-state index contributed by atoms with van der Waals surface area (Å²) in [6, 6.07) is 12.2. The Morgan fingerprint density at radius 2 is 1.77 bits per heavy atom. The second-order valence-electron chi connectivity index (χ2n) is 5.92. The van der Waals surface area contributed by atoms with Gasteiger partial charge in [0.05, 0.1) is 0 Å². The molecule has 0 aliphatic carbocycles. The van der Waals surface area contributed by atoms with Gasteiger partial charge in [0.2, 0.25) is 0 Å². The molecule has 2 aromatic rings. The van der Waals surface area contributed by atoms with Gasteiger partial charge in [-0.3, -0.25) is 9.69 Å². The summed E-state index contributed by atoms with van der Waals surface area (Å²) in [5.74, 6) is 0.327. The quantitative estimate of drug-likeness (QED) is 0.938. The molecule has 1 saturated heterocycles. The largest absolute Gasteiger partial charge is 0.451 e. The molecule has 2 N–H and O–H groups in total. The van der Waals surface area contributed by atoms with E-state index in [-0.39, 0.29) is 5.76 Å². The van der Waals surface area contributed by atoms with Crippen LogP contribution in [0.3, 0.4) is 0 Å². The third kappa shape index (κ3) is 3.07. The lowest BCUT2D eigenvalue weighted by molar-refractivity contribution is 0.0974. The van der Waals surface area contributed by atoms with Crippen LogP contribution >= 0.6 is 0 Å². The van der Waals surface area contributed by atoms with Gasteiger partial charge in [-0.1, -0.05) is 30.7 Å². The van der Waals surface area contributed by atoms with Gasteiger partial charge in [-0.25, -0.2) is 0 Å². The number of likely N-dealkylation sites (tertiary alicyclic amines) is 1. The van der Waals surface area contributed by atoms with Crippen molar-refractivity contribution < 1.29 is 9.21 Å². The molecule has 1 aromatic heterocycles. The van der Waals surface area contributed by atoms with Gasteiger partial charge >= 0.3 is 0 Å². The van der Waals surface area contributed by atoms with Crippen LogP contribution in [0.25, 0.3) is 11.3 Å². The lowest BCUT2D eigenvalue weighted by Crippen LogP contribution is -2.32. The van der Waals surface area contributed by atoms with Crippen molar-refractivity contribution in [1.29, 1.82) is 0 Å². The highest BCUT2D eigenvalue weighted by Gasteiger charge is 2.18. The molecule has 1 aliphatic heterocycles. The third-order valence-corrected chi connectivity index (χ3v) is 4.46. The Morgan fingerprint density at radius 3 is 2.36 bits per heavy atom. The Labute approximate surface area is 130 Å². The number of furan rings is 1. The predicted molar refractivity (Wildman–Crippen MR) is 86.5 cm³/mol. The van der Waals surface area contributed by atoms with Crippen LogP contribution < -0.4 is 5.73 Å². The molecule has 4 nitrogen and oxygen atoms in total. The van der Waals surface area contributed by atoms with Gasteiger partial charge in [0.25, 0.3) is 5.91 Å². The highest BCUT2D eigenvalue weighted by atomic mass is 16.3. The maximum atomic E-state index is 11.1. The van der Waals surface area contributed by atoms with E-state index in [9.17, 15) is 4.79 Å². The summed E-state index contributed by atoms with van der Waals surface area (Å²) in [4.78, 5) is 13.6. The number of hydrogen-bond donors (Lipinski definition) is 1. The van der Waals surface area contributed by atoms with Gasteiger partial charge in [0.1, 0.15) is 5.76 Å². The molecular weight excluding hydrogens is 276 g/mol. The first-order valence-corrected chi connectivity index (χ1v) is 7.89. The molecule has 22 heavy (non-hydrogen) atoms. The van der Waals surface area contributed by atoms with Crippen LogP contribution in [0.1, 0.15) is 48.3 Å². The topological polar surface area (TPSA) is 59.5 Å². The molecule has 2 heterocycles. The molecule has 1 amide bonds. The van der Waals surface area contributed by atoms with Crippen molar-refractivity contribution in [2.24, 2.45) is 5.73 Å². The van der Waals surface area contributed by atoms with Crippen LogP contribution in [0.2, 0.25) is 0 Å². The van der Waals surface area contributed by atoms with E-state index in [0.29, 0.717) is 11.8 Å². The van der Waals surface area contributed by atoms with Crippen molar-refractivity contribution in [1.82, 2.24) is 4.90 Å². The normalized spacial score (nSPS) is 17.3. The number of nitrogens with zero attached hydrogens (tertiary/aromatic N) is 1. The minimum Gasteiger partial charge on any atom is -0.451 e. The number of rotatable bonds is 4. The number of carbonyl (C=O) groups excluding carboxylic acids is 1. The SMILES string of the molecule is C[C@@H](c1ccc(-c2ccc(C(N)=O)o2)cc1)N1CCCCC1. The molecule has 0 radical (unpaired) electrons. The van der Waals surface area contributed by atoms with Gasteiger partial charge in [0, 0.05) is 11.6 Å². The monoisotopic (exact) mass is 298 g/mol. The van der Waals surface area contributed by atoms with Crippen molar-refractivity contribution in [2.45, 2.75) is 32.2 Å². The van der Waals surface area contributed by atoms with Crippen LogP contribution in [-0.2, 0) is 0 Å². The summed E-state index contributed by atoms with van der Waals surface area (Å²) >= 11 is 0. The van der Waals surface area contributed by atoms with Crippen LogP contribution in [0, 0.1) is 0 Å². The van der Waals surface area contributed by atoms with E-state index in [1.54, 1.807) is 12.1 Å². The van der Waals surface area contributed by atoms with Gasteiger partial charge in [0.15, 0.2) is 5.76 Å². The Kier molecular flexibility index (Phi) is 4.29. The molecule has 1 atom stereocenters. The fraction of sp³-hybridized carbons (Fsp3) is 0.389. The van der Waals surface area contributed by atoms with Crippen LogP contribution in [0.5, 0.6) is 0 Å². The zero-order chi connectivity index (χ0) is 15.5. The van der Waals surface area contributed by atoms with E-state index in [1.165, 1.54) is 37.9 Å². The zero-order valence-electron chi connectivity index (χ0n) is 12.9. The maximum Gasteiger partial charge on any atom is 0.284 e. The lowest BCUT2D eigenvalue weighted by Gasteiger charge is -2.32. The van der Waals surface area contributed by atoms with E-state index < -0.39 is 5.91 Å². The van der Waals surface area contributed by atoms with Crippen LogP contribution in [0.4, 0.5) is 0 Å². The summed E-state index contributed by atoms with van der Waals surface area (Å²) in [5, 5.41) is 0. The number of amides is 1. The smallest absolute Gasteiger partial charge is 0.284 e. The van der Waals surface area contributed by atoms with Crippen LogP contribution in [-0.4, -0.2) is 23.9 Å². The summed E-state index contributed by atoms with van der Waals surface area (Å²) < 4.78 is 5.46. The van der Waals surface area contributed by atoms with Crippen LogP contribution in [0.15, 0.2) is 40.8 Å². The third-order valence-electron chi connectivity index (χ3n) is 4.46. The average molecular weight is 298 g/mol. The first kappa shape index (κ1) is 14.9. The number of benzene rings is 1. The predicted octanol–water partition coefficient (Wildman–Crippen LogP) is 3.59. The molecule has 0 spiro atoms. The van der Waals surface area contributed by atoms with Crippen molar-refractivity contribution in [3.63, 3.8) is 0 Å². The Morgan fingerprint density at radius 1 is 1.09 bits per heavy atom. The molecule has 1 aliphatic rings. The molecule has 1 aromatic carbocycles. The molecule has 0 saturated carbocycles. The first-order valence-electron chi connectivity index (χ1n) is 7.89. The van der Waals surface area contributed by atoms with E-state index >= 15 is 0 Å². The molecule has 1 fully saturated rings. The van der Waals surface area contributed by atoms with Gasteiger partial charge in [-0.2, -0.15) is 0 Å². The van der Waals surface area contributed by atoms with E-state index in [4.69, 9.17) is 10.2 Å². The molecule has 4 heteroatoms. The second-order valence-corrected chi connectivity index (χ2v) is 5.92. The van der Waals surface area contributed by atoms with E-state index in [2.05, 4.69) is 24.0 Å². The average Bonchev–Trinajstić information content (AvgIpc) is 3.05. The molecule has 3 rings (SSSR count). The highest BCUT2D eigenvalue weighted by molar-refractivity contribution is 5.90. The van der Waals surface area contributed by atoms with E-state index in [1.807, 2.05) is 12.1 Å². The Hall–Kier alpha value is -2.07. The number of carbonyl (C=O) groups is 1. The second kappa shape index (κ2) is 6.36. The summed E-state index contributed by atoms with van der Waals surface area (Å²) in [6.07, 6.45) is 3.94. The number of piperidine rings is 1. The van der Waals surface area contributed by atoms with Crippen molar-refractivity contribution in [3.05, 3.63) is 47.7 Å². The number of hydrogen-bond acceptors (Lipinski definition) is 3.